The van der Waals surface area contributed by atoms with E-state index in [4.69, 9.17) is 9.47 Å². The molecule has 19 heavy (non-hydrogen) atoms. The second-order valence-corrected chi connectivity index (χ2v) is 5.41. The van der Waals surface area contributed by atoms with Gasteiger partial charge < -0.3 is 9.47 Å². The standard InChI is InChI=1S/C15H28O4/c1-6-8-9-10-11-12(3)19-14(17)15(4,5)13(16)18-7-2/h12H,6-11H2,1-5H3. The molecule has 0 amide bonds. The summed E-state index contributed by atoms with van der Waals surface area (Å²) in [4.78, 5) is 23.6. The molecule has 0 radical (unpaired) electrons. The van der Waals surface area contributed by atoms with E-state index in [1.54, 1.807) is 6.92 Å². The average Bonchev–Trinajstić information content (AvgIpc) is 2.34. The van der Waals surface area contributed by atoms with E-state index >= 15 is 0 Å². The van der Waals surface area contributed by atoms with Gasteiger partial charge in [-0.1, -0.05) is 26.2 Å². The molecule has 4 nitrogen and oxygen atoms in total. The molecule has 0 aliphatic carbocycles. The lowest BCUT2D eigenvalue weighted by atomic mass is 9.94. The molecule has 0 fully saturated rings. The lowest BCUT2D eigenvalue weighted by Gasteiger charge is -2.23. The third-order valence-electron chi connectivity index (χ3n) is 3.07. The highest BCUT2D eigenvalue weighted by molar-refractivity contribution is 5.99. The summed E-state index contributed by atoms with van der Waals surface area (Å²) in [5.74, 6) is -1.04. The van der Waals surface area contributed by atoms with E-state index < -0.39 is 17.4 Å². The monoisotopic (exact) mass is 272 g/mol. The van der Waals surface area contributed by atoms with Crippen molar-refractivity contribution in [3.05, 3.63) is 0 Å². The summed E-state index contributed by atoms with van der Waals surface area (Å²) >= 11 is 0. The molecule has 0 aromatic heterocycles. The number of ether oxygens (including phenoxy) is 2. The minimum atomic E-state index is -1.23. The van der Waals surface area contributed by atoms with Crippen LogP contribution in [0.25, 0.3) is 0 Å². The van der Waals surface area contributed by atoms with Crippen molar-refractivity contribution >= 4 is 11.9 Å². The molecule has 1 atom stereocenters. The molecule has 0 saturated carbocycles. The maximum Gasteiger partial charge on any atom is 0.323 e. The summed E-state index contributed by atoms with van der Waals surface area (Å²) < 4.78 is 10.2. The summed E-state index contributed by atoms with van der Waals surface area (Å²) in [6, 6.07) is 0. The van der Waals surface area contributed by atoms with Crippen LogP contribution in [0, 0.1) is 5.41 Å². The van der Waals surface area contributed by atoms with Crippen LogP contribution in [0.4, 0.5) is 0 Å². The Morgan fingerprint density at radius 2 is 1.68 bits per heavy atom. The Hall–Kier alpha value is -1.06. The number of carbonyl (C=O) groups excluding carboxylic acids is 2. The van der Waals surface area contributed by atoms with Crippen LogP contribution in [0.5, 0.6) is 0 Å². The van der Waals surface area contributed by atoms with Crippen LogP contribution in [0.2, 0.25) is 0 Å². The van der Waals surface area contributed by atoms with Crippen LogP contribution in [0.15, 0.2) is 0 Å². The van der Waals surface area contributed by atoms with Gasteiger partial charge >= 0.3 is 11.9 Å². The van der Waals surface area contributed by atoms with Crippen molar-refractivity contribution in [1.29, 1.82) is 0 Å². The molecular formula is C15H28O4. The van der Waals surface area contributed by atoms with Crippen LogP contribution in [0.3, 0.4) is 0 Å². The normalized spacial score (nSPS) is 12.9. The molecular weight excluding hydrogens is 244 g/mol. The molecule has 0 aliphatic heterocycles. The van der Waals surface area contributed by atoms with E-state index in [-0.39, 0.29) is 12.7 Å². The van der Waals surface area contributed by atoms with Gasteiger partial charge in [-0.05, 0) is 40.5 Å². The van der Waals surface area contributed by atoms with Gasteiger partial charge in [-0.25, -0.2) is 0 Å². The van der Waals surface area contributed by atoms with E-state index in [1.165, 1.54) is 26.7 Å². The third-order valence-corrected chi connectivity index (χ3v) is 3.07. The van der Waals surface area contributed by atoms with E-state index in [0.29, 0.717) is 0 Å². The van der Waals surface area contributed by atoms with Gasteiger partial charge in [0.1, 0.15) is 0 Å². The Kier molecular flexibility index (Phi) is 8.44. The SMILES string of the molecule is CCCCCCC(C)OC(=O)C(C)(C)C(=O)OCC. The highest BCUT2D eigenvalue weighted by Gasteiger charge is 2.39. The molecule has 0 spiro atoms. The largest absolute Gasteiger partial charge is 0.465 e. The van der Waals surface area contributed by atoms with Gasteiger partial charge in [0.05, 0.1) is 12.7 Å². The van der Waals surface area contributed by atoms with E-state index in [1.807, 2.05) is 6.92 Å². The van der Waals surface area contributed by atoms with E-state index in [2.05, 4.69) is 6.92 Å². The van der Waals surface area contributed by atoms with Gasteiger partial charge in [-0.15, -0.1) is 0 Å². The first-order valence-corrected chi connectivity index (χ1v) is 7.24. The Morgan fingerprint density at radius 3 is 2.21 bits per heavy atom. The first-order valence-electron chi connectivity index (χ1n) is 7.24. The summed E-state index contributed by atoms with van der Waals surface area (Å²) in [6.45, 7) is 9.09. The molecule has 0 aromatic carbocycles. The van der Waals surface area contributed by atoms with E-state index in [0.717, 1.165) is 19.3 Å². The topological polar surface area (TPSA) is 52.6 Å². The Morgan fingerprint density at radius 1 is 1.05 bits per heavy atom. The number of esters is 2. The Bertz CT molecular complexity index is 284. The molecule has 4 heteroatoms. The minimum absolute atomic E-state index is 0.155. The lowest BCUT2D eigenvalue weighted by Crippen LogP contribution is -2.38. The smallest absolute Gasteiger partial charge is 0.323 e. The van der Waals surface area contributed by atoms with Crippen LogP contribution in [-0.4, -0.2) is 24.6 Å². The van der Waals surface area contributed by atoms with Crippen LogP contribution in [0.1, 0.15) is 66.7 Å². The predicted octanol–water partition coefficient (Wildman–Crippen LogP) is 3.48. The molecule has 1 unspecified atom stereocenters. The predicted molar refractivity (Wildman–Crippen MR) is 74.7 cm³/mol. The Labute approximate surface area is 116 Å². The van der Waals surface area contributed by atoms with Crippen molar-refractivity contribution in [1.82, 2.24) is 0 Å². The fourth-order valence-electron chi connectivity index (χ4n) is 1.64. The molecule has 0 bridgehead atoms. The zero-order chi connectivity index (χ0) is 14.9. The lowest BCUT2D eigenvalue weighted by molar-refractivity contribution is -0.172. The van der Waals surface area contributed by atoms with Gasteiger partial charge in [0.15, 0.2) is 5.41 Å². The van der Waals surface area contributed by atoms with Crippen molar-refractivity contribution in [2.75, 3.05) is 6.61 Å². The number of hydrogen-bond donors (Lipinski definition) is 0. The molecule has 0 aliphatic rings. The number of unbranched alkanes of at least 4 members (excludes halogenated alkanes) is 3. The average molecular weight is 272 g/mol. The van der Waals surface area contributed by atoms with Gasteiger partial charge in [-0.2, -0.15) is 0 Å². The van der Waals surface area contributed by atoms with Crippen LogP contribution in [-0.2, 0) is 19.1 Å². The summed E-state index contributed by atoms with van der Waals surface area (Å²) in [5, 5.41) is 0. The number of hydrogen-bond acceptors (Lipinski definition) is 4. The molecule has 0 saturated heterocycles. The first-order chi connectivity index (χ1) is 8.86. The number of carbonyl (C=O) groups is 2. The number of rotatable bonds is 9. The van der Waals surface area contributed by atoms with Crippen molar-refractivity contribution in [3.8, 4) is 0 Å². The fourth-order valence-corrected chi connectivity index (χ4v) is 1.64. The van der Waals surface area contributed by atoms with Gasteiger partial charge in [-0.3, -0.25) is 9.59 Å². The van der Waals surface area contributed by atoms with E-state index in [9.17, 15) is 9.59 Å². The van der Waals surface area contributed by atoms with Crippen molar-refractivity contribution < 1.29 is 19.1 Å². The van der Waals surface area contributed by atoms with Crippen LogP contribution >= 0.6 is 0 Å². The minimum Gasteiger partial charge on any atom is -0.465 e. The van der Waals surface area contributed by atoms with Crippen molar-refractivity contribution in [2.45, 2.75) is 72.8 Å². The van der Waals surface area contributed by atoms with Crippen molar-refractivity contribution in [2.24, 2.45) is 5.41 Å². The molecule has 0 heterocycles. The molecule has 0 rings (SSSR count). The van der Waals surface area contributed by atoms with Crippen LogP contribution < -0.4 is 0 Å². The molecule has 0 aromatic rings. The summed E-state index contributed by atoms with van der Waals surface area (Å²) in [5.41, 5.74) is -1.23. The second kappa shape index (κ2) is 8.94. The fraction of sp³-hybridized carbons (Fsp3) is 0.867. The van der Waals surface area contributed by atoms with Gasteiger partial charge in [0.2, 0.25) is 0 Å². The maximum atomic E-state index is 12.0. The maximum absolute atomic E-state index is 12.0. The van der Waals surface area contributed by atoms with Crippen molar-refractivity contribution in [3.63, 3.8) is 0 Å². The summed E-state index contributed by atoms with van der Waals surface area (Å²) in [6.07, 6.45) is 5.27. The highest BCUT2D eigenvalue weighted by atomic mass is 16.6. The highest BCUT2D eigenvalue weighted by Crippen LogP contribution is 2.21. The molecule has 0 N–H and O–H groups in total. The first kappa shape index (κ1) is 17.9. The quantitative estimate of drug-likeness (QED) is 0.366. The zero-order valence-electron chi connectivity index (χ0n) is 13.0. The molecule has 112 valence electrons. The third kappa shape index (κ3) is 6.60. The second-order valence-electron chi connectivity index (χ2n) is 5.41. The Balaban J connectivity index is 4.16. The summed E-state index contributed by atoms with van der Waals surface area (Å²) in [7, 11) is 0. The van der Waals surface area contributed by atoms with Gasteiger partial charge in [0.25, 0.3) is 0 Å². The van der Waals surface area contributed by atoms with Gasteiger partial charge in [0, 0.05) is 0 Å². The zero-order valence-corrected chi connectivity index (χ0v) is 13.0.